The fraction of sp³-hybridized carbons (Fsp3) is 0.250. The van der Waals surface area contributed by atoms with Crippen LogP contribution in [0.25, 0.3) is 0 Å². The Morgan fingerprint density at radius 1 is 1.08 bits per heavy atom. The standard InChI is InChI=1S/C20H20N2O4/c1-15-4-10-18(11-5-15)25-12-2-3-20(24)26-14-19(23)22-17-8-6-16(13-21)7-9-17/h4-11H,2-3,12,14H2,1H3,(H,22,23). The van der Waals surface area contributed by atoms with Crippen molar-refractivity contribution >= 4 is 17.6 Å². The third kappa shape index (κ3) is 6.65. The van der Waals surface area contributed by atoms with Gasteiger partial charge in [-0.1, -0.05) is 17.7 Å². The summed E-state index contributed by atoms with van der Waals surface area (Å²) >= 11 is 0. The van der Waals surface area contributed by atoms with Crippen molar-refractivity contribution in [2.75, 3.05) is 18.5 Å². The minimum atomic E-state index is -0.451. The molecule has 0 aliphatic carbocycles. The van der Waals surface area contributed by atoms with Crippen molar-refractivity contribution in [1.29, 1.82) is 5.26 Å². The van der Waals surface area contributed by atoms with Gasteiger partial charge in [0.1, 0.15) is 5.75 Å². The number of benzene rings is 2. The first-order valence-electron chi connectivity index (χ1n) is 8.22. The molecule has 0 bridgehead atoms. The highest BCUT2D eigenvalue weighted by molar-refractivity contribution is 5.92. The summed E-state index contributed by atoms with van der Waals surface area (Å²) in [6.07, 6.45) is 0.681. The van der Waals surface area contributed by atoms with Crippen LogP contribution in [0.4, 0.5) is 5.69 Å². The number of hydrogen-bond donors (Lipinski definition) is 1. The van der Waals surface area contributed by atoms with E-state index in [0.29, 0.717) is 24.3 Å². The summed E-state index contributed by atoms with van der Waals surface area (Å²) in [6.45, 7) is 2.05. The average Bonchev–Trinajstić information content (AvgIpc) is 2.65. The molecule has 2 aromatic rings. The molecule has 2 rings (SSSR count). The molecule has 0 aromatic heterocycles. The van der Waals surface area contributed by atoms with E-state index >= 15 is 0 Å². The van der Waals surface area contributed by atoms with Crippen LogP contribution < -0.4 is 10.1 Å². The van der Waals surface area contributed by atoms with Crippen LogP contribution >= 0.6 is 0 Å². The van der Waals surface area contributed by atoms with E-state index in [1.165, 1.54) is 0 Å². The number of nitrogens with zero attached hydrogens (tertiary/aromatic N) is 1. The number of hydrogen-bond acceptors (Lipinski definition) is 5. The summed E-state index contributed by atoms with van der Waals surface area (Å²) in [6, 6.07) is 16.1. The molecule has 0 atom stereocenters. The van der Waals surface area contributed by atoms with E-state index in [4.69, 9.17) is 14.7 Å². The van der Waals surface area contributed by atoms with Crippen LogP contribution in [0.3, 0.4) is 0 Å². The van der Waals surface area contributed by atoms with Gasteiger partial charge < -0.3 is 14.8 Å². The van der Waals surface area contributed by atoms with E-state index in [2.05, 4.69) is 5.32 Å². The number of rotatable bonds is 8. The second-order valence-corrected chi connectivity index (χ2v) is 5.66. The first-order chi connectivity index (χ1) is 12.6. The Morgan fingerprint density at radius 3 is 2.42 bits per heavy atom. The van der Waals surface area contributed by atoms with Gasteiger partial charge in [0.25, 0.3) is 5.91 Å². The molecule has 134 valence electrons. The maximum atomic E-state index is 11.7. The van der Waals surface area contributed by atoms with Crippen LogP contribution in [-0.2, 0) is 14.3 Å². The van der Waals surface area contributed by atoms with Gasteiger partial charge in [-0.15, -0.1) is 0 Å². The van der Waals surface area contributed by atoms with E-state index in [1.54, 1.807) is 24.3 Å². The Kier molecular flexibility index (Phi) is 7.19. The molecule has 0 radical (unpaired) electrons. The Morgan fingerprint density at radius 2 is 1.77 bits per heavy atom. The molecule has 2 aromatic carbocycles. The Balaban J connectivity index is 1.60. The van der Waals surface area contributed by atoms with Crippen molar-refractivity contribution in [2.24, 2.45) is 0 Å². The number of anilines is 1. The smallest absolute Gasteiger partial charge is 0.306 e. The van der Waals surface area contributed by atoms with Crippen LogP contribution in [0, 0.1) is 18.3 Å². The molecular formula is C20H20N2O4. The molecule has 0 saturated heterocycles. The van der Waals surface area contributed by atoms with Gasteiger partial charge in [0, 0.05) is 12.1 Å². The van der Waals surface area contributed by atoms with Gasteiger partial charge in [-0.25, -0.2) is 0 Å². The summed E-state index contributed by atoms with van der Waals surface area (Å²) in [5.41, 5.74) is 2.19. The molecule has 6 nitrogen and oxygen atoms in total. The lowest BCUT2D eigenvalue weighted by Crippen LogP contribution is -2.21. The van der Waals surface area contributed by atoms with E-state index in [0.717, 1.165) is 11.3 Å². The fourth-order valence-electron chi connectivity index (χ4n) is 2.08. The second kappa shape index (κ2) is 9.84. The number of carbonyl (C=O) groups excluding carboxylic acids is 2. The third-order valence-electron chi connectivity index (χ3n) is 3.48. The number of aryl methyl sites for hydroxylation is 1. The Bertz CT molecular complexity index is 777. The number of nitriles is 1. The van der Waals surface area contributed by atoms with Gasteiger partial charge in [-0.05, 0) is 49.7 Å². The number of carbonyl (C=O) groups is 2. The Hall–Kier alpha value is -3.33. The number of amides is 1. The summed E-state index contributed by atoms with van der Waals surface area (Å²) < 4.78 is 10.5. The van der Waals surface area contributed by atoms with Crippen molar-refractivity contribution < 1.29 is 19.1 Å². The summed E-state index contributed by atoms with van der Waals surface area (Å²) in [5.74, 6) is -0.128. The molecule has 1 N–H and O–H groups in total. The second-order valence-electron chi connectivity index (χ2n) is 5.66. The molecule has 0 heterocycles. The van der Waals surface area contributed by atoms with E-state index in [-0.39, 0.29) is 13.0 Å². The molecule has 0 spiro atoms. The SMILES string of the molecule is Cc1ccc(OCCCC(=O)OCC(=O)Nc2ccc(C#N)cc2)cc1. The normalized spacial score (nSPS) is 9.85. The summed E-state index contributed by atoms with van der Waals surface area (Å²) in [7, 11) is 0. The van der Waals surface area contributed by atoms with E-state index in [1.807, 2.05) is 37.3 Å². The molecule has 0 unspecified atom stereocenters. The maximum absolute atomic E-state index is 11.7. The predicted molar refractivity (Wildman–Crippen MR) is 96.7 cm³/mol. The van der Waals surface area contributed by atoms with Crippen molar-refractivity contribution in [1.82, 2.24) is 0 Å². The molecule has 0 aliphatic rings. The van der Waals surface area contributed by atoms with Gasteiger partial charge in [0.05, 0.1) is 18.2 Å². The highest BCUT2D eigenvalue weighted by Gasteiger charge is 2.08. The van der Waals surface area contributed by atoms with Gasteiger partial charge in [-0.3, -0.25) is 9.59 Å². The van der Waals surface area contributed by atoms with Gasteiger partial charge >= 0.3 is 5.97 Å². The van der Waals surface area contributed by atoms with E-state index < -0.39 is 11.9 Å². The highest BCUT2D eigenvalue weighted by Crippen LogP contribution is 2.12. The maximum Gasteiger partial charge on any atom is 0.306 e. The molecule has 0 fully saturated rings. The largest absolute Gasteiger partial charge is 0.494 e. The quantitative estimate of drug-likeness (QED) is 0.582. The zero-order valence-corrected chi connectivity index (χ0v) is 14.5. The van der Waals surface area contributed by atoms with Gasteiger partial charge in [-0.2, -0.15) is 5.26 Å². The fourth-order valence-corrected chi connectivity index (χ4v) is 2.08. The first-order valence-corrected chi connectivity index (χ1v) is 8.22. The van der Waals surface area contributed by atoms with Crippen LogP contribution in [0.1, 0.15) is 24.0 Å². The molecule has 0 aliphatic heterocycles. The van der Waals surface area contributed by atoms with E-state index in [9.17, 15) is 9.59 Å². The number of ether oxygens (including phenoxy) is 2. The lowest BCUT2D eigenvalue weighted by Gasteiger charge is -2.08. The molecule has 6 heteroatoms. The van der Waals surface area contributed by atoms with Crippen molar-refractivity contribution in [3.63, 3.8) is 0 Å². The lowest BCUT2D eigenvalue weighted by atomic mass is 10.2. The zero-order valence-electron chi connectivity index (χ0n) is 14.5. The van der Waals surface area contributed by atoms with Crippen LogP contribution in [0.15, 0.2) is 48.5 Å². The van der Waals surface area contributed by atoms with Crippen molar-refractivity contribution in [3.05, 3.63) is 59.7 Å². The third-order valence-corrected chi connectivity index (χ3v) is 3.48. The summed E-state index contributed by atoms with van der Waals surface area (Å²) in [5, 5.41) is 11.3. The van der Waals surface area contributed by atoms with Gasteiger partial charge in [0.15, 0.2) is 6.61 Å². The van der Waals surface area contributed by atoms with Gasteiger partial charge in [0.2, 0.25) is 0 Å². The van der Waals surface area contributed by atoms with Crippen LogP contribution in [-0.4, -0.2) is 25.1 Å². The minimum Gasteiger partial charge on any atom is -0.494 e. The number of nitrogens with one attached hydrogen (secondary N) is 1. The molecule has 26 heavy (non-hydrogen) atoms. The number of esters is 1. The van der Waals surface area contributed by atoms with Crippen molar-refractivity contribution in [3.8, 4) is 11.8 Å². The monoisotopic (exact) mass is 352 g/mol. The van der Waals surface area contributed by atoms with Crippen LogP contribution in [0.2, 0.25) is 0 Å². The summed E-state index contributed by atoms with van der Waals surface area (Å²) in [4.78, 5) is 23.4. The topological polar surface area (TPSA) is 88.4 Å². The zero-order chi connectivity index (χ0) is 18.8. The molecule has 0 saturated carbocycles. The lowest BCUT2D eigenvalue weighted by molar-refractivity contribution is -0.147. The highest BCUT2D eigenvalue weighted by atomic mass is 16.5. The minimum absolute atomic E-state index is 0.177. The van der Waals surface area contributed by atoms with Crippen LogP contribution in [0.5, 0.6) is 5.75 Å². The molecule has 1 amide bonds. The van der Waals surface area contributed by atoms with Crippen molar-refractivity contribution in [2.45, 2.75) is 19.8 Å². The molecular weight excluding hydrogens is 332 g/mol. The predicted octanol–water partition coefficient (Wildman–Crippen LogP) is 3.21. The first kappa shape index (κ1) is 19.0. The average molecular weight is 352 g/mol. The Labute approximate surface area is 152 Å².